The predicted molar refractivity (Wildman–Crippen MR) is 34.2 cm³/mol. The summed E-state index contributed by atoms with van der Waals surface area (Å²) in [7, 11) is 1.53. The van der Waals surface area contributed by atoms with E-state index < -0.39 is 6.10 Å². The van der Waals surface area contributed by atoms with Gasteiger partial charge >= 0.3 is 0 Å². The highest BCUT2D eigenvalue weighted by Gasteiger charge is 1.95. The molecule has 0 heterocycles. The average molecular weight is 142 g/mol. The van der Waals surface area contributed by atoms with Crippen LogP contribution in [-0.4, -0.2) is 31.5 Å². The van der Waals surface area contributed by atoms with Crippen molar-refractivity contribution in [1.29, 1.82) is 0 Å². The maximum absolute atomic E-state index is 8.61. The number of nitrogens with two attached hydrogens (primary N) is 1. The van der Waals surface area contributed by atoms with E-state index in [1.54, 1.807) is 0 Å². The quantitative estimate of drug-likeness (QED) is 0.551. The van der Waals surface area contributed by atoms with Crippen LogP contribution >= 0.6 is 12.4 Å². The van der Waals surface area contributed by atoms with Gasteiger partial charge in [0.05, 0.1) is 12.7 Å². The van der Waals surface area contributed by atoms with Crippen molar-refractivity contribution < 1.29 is 9.84 Å². The van der Waals surface area contributed by atoms with E-state index in [1.165, 1.54) is 7.11 Å². The van der Waals surface area contributed by atoms with Crippen LogP contribution in [0.15, 0.2) is 0 Å². The first-order valence-corrected chi connectivity index (χ1v) is 2.18. The van der Waals surface area contributed by atoms with Gasteiger partial charge in [-0.2, -0.15) is 0 Å². The number of aliphatic hydroxyl groups excluding tert-OH is 1. The van der Waals surface area contributed by atoms with Crippen molar-refractivity contribution in [3.8, 4) is 0 Å². The minimum Gasteiger partial charge on any atom is -0.389 e. The summed E-state index contributed by atoms with van der Waals surface area (Å²) in [6, 6.07) is 0. The molecule has 1 unspecified atom stereocenters. The van der Waals surface area contributed by atoms with E-state index in [2.05, 4.69) is 4.74 Å². The van der Waals surface area contributed by atoms with Gasteiger partial charge in [-0.1, -0.05) is 0 Å². The van der Waals surface area contributed by atoms with Crippen LogP contribution in [0.2, 0.25) is 0 Å². The van der Waals surface area contributed by atoms with E-state index in [0.717, 1.165) is 0 Å². The fourth-order valence-electron chi connectivity index (χ4n) is 0.260. The summed E-state index contributed by atoms with van der Waals surface area (Å²) in [4.78, 5) is 0. The lowest BCUT2D eigenvalue weighted by Crippen LogP contribution is -2.24. The first-order chi connectivity index (χ1) is 3.31. The summed E-state index contributed by atoms with van der Waals surface area (Å²) in [5.74, 6) is 0. The first kappa shape index (κ1) is 11.0. The first-order valence-electron chi connectivity index (χ1n) is 2.18. The van der Waals surface area contributed by atoms with Crippen molar-refractivity contribution in [1.82, 2.24) is 0 Å². The summed E-state index contributed by atoms with van der Waals surface area (Å²) in [5.41, 5.74) is 5.03. The number of rotatable bonds is 3. The van der Waals surface area contributed by atoms with Crippen molar-refractivity contribution in [3.05, 3.63) is 0 Å². The smallest absolute Gasteiger partial charge is 0.0895 e. The molecule has 0 aliphatic rings. The van der Waals surface area contributed by atoms with E-state index in [4.69, 9.17) is 10.8 Å². The van der Waals surface area contributed by atoms with Gasteiger partial charge in [-0.15, -0.1) is 12.4 Å². The molecule has 0 aliphatic carbocycles. The fraction of sp³-hybridized carbons (Fsp3) is 1.00. The highest BCUT2D eigenvalue weighted by atomic mass is 35.5. The van der Waals surface area contributed by atoms with Crippen LogP contribution in [-0.2, 0) is 4.74 Å². The van der Waals surface area contributed by atoms with Crippen molar-refractivity contribution in [3.63, 3.8) is 0 Å². The number of aliphatic hydroxyl groups is 1. The van der Waals surface area contributed by atoms with Crippen LogP contribution < -0.4 is 5.73 Å². The van der Waals surface area contributed by atoms with E-state index in [1.807, 2.05) is 0 Å². The van der Waals surface area contributed by atoms with Crippen LogP contribution in [0.5, 0.6) is 0 Å². The van der Waals surface area contributed by atoms with E-state index >= 15 is 0 Å². The van der Waals surface area contributed by atoms with Crippen molar-refractivity contribution in [2.45, 2.75) is 6.10 Å². The summed E-state index contributed by atoms with van der Waals surface area (Å²) in [6.07, 6.45) is -0.495. The topological polar surface area (TPSA) is 55.5 Å². The molecule has 0 aromatic carbocycles. The maximum Gasteiger partial charge on any atom is 0.0895 e. The van der Waals surface area contributed by atoms with Crippen LogP contribution in [0.25, 0.3) is 0 Å². The second-order valence-corrected chi connectivity index (χ2v) is 1.34. The van der Waals surface area contributed by atoms with Gasteiger partial charge in [0.1, 0.15) is 0 Å². The molecule has 0 radical (unpaired) electrons. The fourth-order valence-corrected chi connectivity index (χ4v) is 0.260. The lowest BCUT2D eigenvalue weighted by atomic mass is 10.4. The largest absolute Gasteiger partial charge is 0.389 e. The molecule has 0 fully saturated rings. The van der Waals surface area contributed by atoms with Crippen LogP contribution in [0, 0.1) is 0 Å². The molecule has 0 aromatic rings. The molecule has 4 heteroatoms. The van der Waals surface area contributed by atoms with Gasteiger partial charge in [0.2, 0.25) is 0 Å². The molecule has 1 atom stereocenters. The third-order valence-electron chi connectivity index (χ3n) is 0.631. The predicted octanol–water partition coefficient (Wildman–Crippen LogP) is -0.626. The second-order valence-electron chi connectivity index (χ2n) is 1.34. The summed E-state index contributed by atoms with van der Waals surface area (Å²) in [6.45, 7) is 0.602. The van der Waals surface area contributed by atoms with Crippen LogP contribution in [0.3, 0.4) is 0 Å². The Morgan fingerprint density at radius 2 is 2.25 bits per heavy atom. The van der Waals surface area contributed by atoms with E-state index in [9.17, 15) is 0 Å². The Bertz CT molecular complexity index is 45.0. The normalized spacial score (nSPS) is 12.4. The minimum atomic E-state index is -0.495. The van der Waals surface area contributed by atoms with Gasteiger partial charge in [0.15, 0.2) is 0 Å². The minimum absolute atomic E-state index is 0. The third-order valence-corrected chi connectivity index (χ3v) is 0.631. The average Bonchev–Trinajstić information content (AvgIpc) is 1.68. The van der Waals surface area contributed by atoms with Crippen LogP contribution in [0.1, 0.15) is 0 Å². The Morgan fingerprint density at radius 3 is 2.38 bits per heavy atom. The van der Waals surface area contributed by atoms with Gasteiger partial charge < -0.3 is 15.6 Å². The lowest BCUT2D eigenvalue weighted by molar-refractivity contribution is 0.0702. The highest BCUT2D eigenvalue weighted by molar-refractivity contribution is 5.85. The zero-order chi connectivity index (χ0) is 5.70. The SMILES string of the molecule is COCC(O)CN.Cl. The molecular formula is C4H12ClNO2. The molecule has 3 N–H and O–H groups in total. The Kier molecular flexibility index (Phi) is 9.89. The van der Waals surface area contributed by atoms with Gasteiger partial charge in [-0.05, 0) is 0 Å². The van der Waals surface area contributed by atoms with Crippen molar-refractivity contribution >= 4 is 12.4 Å². The van der Waals surface area contributed by atoms with Gasteiger partial charge in [0, 0.05) is 13.7 Å². The monoisotopic (exact) mass is 141 g/mol. The molecule has 52 valence electrons. The Morgan fingerprint density at radius 1 is 1.75 bits per heavy atom. The number of ether oxygens (including phenoxy) is 1. The molecule has 0 aliphatic heterocycles. The second kappa shape index (κ2) is 7.17. The highest BCUT2D eigenvalue weighted by Crippen LogP contribution is 1.75. The molecule has 0 amide bonds. The number of hydrogen-bond acceptors (Lipinski definition) is 3. The number of halogens is 1. The zero-order valence-corrected chi connectivity index (χ0v) is 5.65. The van der Waals surface area contributed by atoms with Gasteiger partial charge in [-0.25, -0.2) is 0 Å². The van der Waals surface area contributed by atoms with Crippen molar-refractivity contribution in [2.24, 2.45) is 5.73 Å². The lowest BCUT2D eigenvalue weighted by Gasteiger charge is -2.02. The molecule has 0 rings (SSSR count). The third kappa shape index (κ3) is 6.17. The molecule has 0 saturated heterocycles. The van der Waals surface area contributed by atoms with Crippen molar-refractivity contribution in [2.75, 3.05) is 20.3 Å². The zero-order valence-electron chi connectivity index (χ0n) is 4.83. The Balaban J connectivity index is 0. The maximum atomic E-state index is 8.61. The summed E-state index contributed by atoms with van der Waals surface area (Å²) in [5, 5.41) is 8.61. The summed E-state index contributed by atoms with van der Waals surface area (Å²) >= 11 is 0. The molecule has 8 heavy (non-hydrogen) atoms. The Labute approximate surface area is 55.2 Å². The molecule has 0 aromatic heterocycles. The Hall–Kier alpha value is 0.170. The molecule has 0 saturated carbocycles. The summed E-state index contributed by atoms with van der Waals surface area (Å²) < 4.78 is 4.56. The van der Waals surface area contributed by atoms with Gasteiger partial charge in [-0.3, -0.25) is 0 Å². The molecule has 0 spiro atoms. The molecule has 0 bridgehead atoms. The molecule has 3 nitrogen and oxygen atoms in total. The molecular weight excluding hydrogens is 130 g/mol. The number of hydrogen-bond donors (Lipinski definition) is 2. The van der Waals surface area contributed by atoms with Gasteiger partial charge in [0.25, 0.3) is 0 Å². The van der Waals surface area contributed by atoms with E-state index in [-0.39, 0.29) is 19.0 Å². The van der Waals surface area contributed by atoms with E-state index in [0.29, 0.717) is 6.61 Å². The number of methoxy groups -OCH3 is 1. The standard InChI is InChI=1S/C4H11NO2.ClH/c1-7-3-4(6)2-5;/h4,6H,2-3,5H2,1H3;1H. The van der Waals surface area contributed by atoms with Crippen LogP contribution in [0.4, 0.5) is 0 Å².